The van der Waals surface area contributed by atoms with Crippen molar-refractivity contribution in [2.75, 3.05) is 13.7 Å². The van der Waals surface area contributed by atoms with Crippen LogP contribution in [0.1, 0.15) is 11.4 Å². The quantitative estimate of drug-likeness (QED) is 0.327. The Kier molecular flexibility index (Phi) is 7.09. The van der Waals surface area contributed by atoms with Gasteiger partial charge in [0, 0.05) is 23.2 Å². The minimum atomic E-state index is -3.63. The van der Waals surface area contributed by atoms with Crippen LogP contribution in [0.4, 0.5) is 0 Å². The zero-order valence-corrected chi connectivity index (χ0v) is 20.3. The number of thioether (sulfide) groups is 1. The largest absolute Gasteiger partial charge is 0.497 e. The van der Waals surface area contributed by atoms with Crippen molar-refractivity contribution in [1.82, 2.24) is 24.5 Å². The molecule has 2 aromatic carbocycles. The lowest BCUT2D eigenvalue weighted by atomic mass is 10.2. The van der Waals surface area contributed by atoms with Crippen LogP contribution in [0.15, 0.2) is 75.1 Å². The molecule has 0 bridgehead atoms. The highest BCUT2D eigenvalue weighted by molar-refractivity contribution is 9.10. The smallest absolute Gasteiger partial charge is 0.240 e. The lowest BCUT2D eigenvalue weighted by molar-refractivity contribution is 0.414. The average molecular weight is 534 g/mol. The van der Waals surface area contributed by atoms with E-state index in [0.717, 1.165) is 15.3 Å². The number of halogens is 1. The molecule has 0 aliphatic carbocycles. The van der Waals surface area contributed by atoms with E-state index in [9.17, 15) is 8.42 Å². The molecule has 2 heterocycles. The Balaban J connectivity index is 1.40. The van der Waals surface area contributed by atoms with Gasteiger partial charge >= 0.3 is 0 Å². The Morgan fingerprint density at radius 2 is 1.78 bits per heavy atom. The Morgan fingerprint density at radius 1 is 1.03 bits per heavy atom. The fourth-order valence-electron chi connectivity index (χ4n) is 2.92. The second-order valence-electron chi connectivity index (χ2n) is 6.80. The Labute approximate surface area is 198 Å². The van der Waals surface area contributed by atoms with E-state index in [2.05, 4.69) is 48.1 Å². The number of rotatable bonds is 9. The van der Waals surface area contributed by atoms with Crippen molar-refractivity contribution in [2.45, 2.75) is 22.1 Å². The maximum atomic E-state index is 12.5. The molecule has 0 aliphatic heterocycles. The van der Waals surface area contributed by atoms with Gasteiger partial charge in [0.25, 0.3) is 0 Å². The Morgan fingerprint density at radius 3 is 2.50 bits per heavy atom. The van der Waals surface area contributed by atoms with Crippen LogP contribution in [0.5, 0.6) is 5.75 Å². The van der Waals surface area contributed by atoms with E-state index >= 15 is 0 Å². The van der Waals surface area contributed by atoms with Crippen molar-refractivity contribution in [1.29, 1.82) is 0 Å². The molecule has 1 N–H and O–H groups in total. The molecule has 0 saturated carbocycles. The summed E-state index contributed by atoms with van der Waals surface area (Å²) in [6.07, 6.45) is 0.352. The van der Waals surface area contributed by atoms with Crippen molar-refractivity contribution in [2.24, 2.45) is 0 Å². The third-order valence-electron chi connectivity index (χ3n) is 4.61. The molecule has 32 heavy (non-hydrogen) atoms. The fourth-order valence-corrected chi connectivity index (χ4v) is 5.03. The average Bonchev–Trinajstić information content (AvgIpc) is 3.21. The van der Waals surface area contributed by atoms with Crippen molar-refractivity contribution >= 4 is 43.4 Å². The summed E-state index contributed by atoms with van der Waals surface area (Å²) in [4.78, 5) is 0.175. The van der Waals surface area contributed by atoms with E-state index in [-0.39, 0.29) is 11.4 Å². The molecule has 0 unspecified atom stereocenters. The molecule has 0 atom stereocenters. The number of fused-ring (bicyclic) bond motifs is 1. The van der Waals surface area contributed by atoms with Gasteiger partial charge in [0.05, 0.1) is 12.0 Å². The summed E-state index contributed by atoms with van der Waals surface area (Å²) >= 11 is 5.05. The van der Waals surface area contributed by atoms with Crippen molar-refractivity contribution in [3.63, 3.8) is 0 Å². The number of nitrogens with one attached hydrogen (secondary N) is 1. The highest BCUT2D eigenvalue weighted by Crippen LogP contribution is 2.22. The number of hydrogen-bond donors (Lipinski definition) is 1. The number of hydrogen-bond acceptors (Lipinski definition) is 7. The summed E-state index contributed by atoms with van der Waals surface area (Å²) in [6, 6.07) is 18.1. The van der Waals surface area contributed by atoms with Gasteiger partial charge < -0.3 is 4.74 Å². The van der Waals surface area contributed by atoms with Gasteiger partial charge in [-0.2, -0.15) is 9.61 Å². The Hall–Kier alpha value is -2.47. The van der Waals surface area contributed by atoms with Gasteiger partial charge in [0.2, 0.25) is 10.0 Å². The summed E-state index contributed by atoms with van der Waals surface area (Å²) in [6.45, 7) is 0.174. The summed E-state index contributed by atoms with van der Waals surface area (Å²) in [5.74, 6) is 1.97. The van der Waals surface area contributed by atoms with Crippen LogP contribution in [0.25, 0.3) is 5.65 Å². The number of nitrogens with zero attached hydrogens (tertiary/aromatic N) is 4. The Bertz CT molecular complexity index is 1310. The van der Waals surface area contributed by atoms with Crippen LogP contribution in [-0.2, 0) is 22.2 Å². The zero-order valence-electron chi connectivity index (χ0n) is 17.1. The highest BCUT2D eigenvalue weighted by atomic mass is 79.9. The van der Waals surface area contributed by atoms with Crippen molar-refractivity contribution < 1.29 is 13.2 Å². The van der Waals surface area contributed by atoms with E-state index in [0.29, 0.717) is 23.6 Å². The number of aromatic nitrogens is 4. The second kappa shape index (κ2) is 9.99. The molecular formula is C21H20BrN5O3S2. The first-order chi connectivity index (χ1) is 15.4. The summed E-state index contributed by atoms with van der Waals surface area (Å²) < 4.78 is 35.4. The van der Waals surface area contributed by atoms with Crippen LogP contribution < -0.4 is 9.46 Å². The first-order valence-corrected chi connectivity index (χ1v) is 12.9. The van der Waals surface area contributed by atoms with Gasteiger partial charge in [-0.1, -0.05) is 39.8 Å². The van der Waals surface area contributed by atoms with Gasteiger partial charge in [0.1, 0.15) is 10.8 Å². The van der Waals surface area contributed by atoms with Crippen molar-refractivity contribution in [3.8, 4) is 5.75 Å². The lowest BCUT2D eigenvalue weighted by Crippen LogP contribution is -2.26. The predicted octanol–water partition coefficient (Wildman–Crippen LogP) is 3.71. The maximum absolute atomic E-state index is 12.5. The molecule has 0 spiro atoms. The second-order valence-corrected chi connectivity index (χ2v) is 10.5. The molecule has 8 nitrogen and oxygen atoms in total. The van der Waals surface area contributed by atoms with Gasteiger partial charge in [-0.05, 0) is 54.1 Å². The van der Waals surface area contributed by atoms with E-state index in [1.165, 1.54) is 24.8 Å². The number of ether oxygens (including phenoxy) is 1. The minimum absolute atomic E-state index is 0.174. The highest BCUT2D eigenvalue weighted by Gasteiger charge is 2.15. The van der Waals surface area contributed by atoms with Crippen LogP contribution in [0.2, 0.25) is 0 Å². The summed E-state index contributed by atoms with van der Waals surface area (Å²) in [7, 11) is -2.10. The SMILES string of the molecule is COc1ccc(S(=O)(=O)NCCc2nnc3ccc(SCc4ccc(Br)cc4)nn23)cc1. The van der Waals surface area contributed by atoms with Gasteiger partial charge in [-0.15, -0.1) is 10.2 Å². The van der Waals surface area contributed by atoms with E-state index < -0.39 is 10.0 Å². The topological polar surface area (TPSA) is 98.5 Å². The van der Waals surface area contributed by atoms with Crippen molar-refractivity contribution in [3.05, 3.63) is 76.5 Å². The number of sulfonamides is 1. The molecule has 0 aliphatic rings. The van der Waals surface area contributed by atoms with Gasteiger partial charge in [0.15, 0.2) is 11.5 Å². The minimum Gasteiger partial charge on any atom is -0.497 e. The predicted molar refractivity (Wildman–Crippen MR) is 126 cm³/mol. The monoisotopic (exact) mass is 533 g/mol. The fraction of sp³-hybridized carbons (Fsp3) is 0.190. The van der Waals surface area contributed by atoms with E-state index in [1.54, 1.807) is 28.4 Å². The molecule has 0 saturated heterocycles. The lowest BCUT2D eigenvalue weighted by Gasteiger charge is -2.07. The van der Waals surface area contributed by atoms with Crippen LogP contribution in [0.3, 0.4) is 0 Å². The first-order valence-electron chi connectivity index (χ1n) is 9.67. The molecule has 2 aromatic heterocycles. The normalized spacial score (nSPS) is 11.7. The molecular weight excluding hydrogens is 514 g/mol. The molecule has 166 valence electrons. The first kappa shape index (κ1) is 22.7. The molecule has 0 amide bonds. The van der Waals surface area contributed by atoms with Gasteiger partial charge in [-0.3, -0.25) is 0 Å². The standard InChI is InChI=1S/C21H20BrN5O3S2/c1-30-17-6-8-18(9-7-17)32(28,29)23-13-12-20-25-24-19-10-11-21(26-27(19)20)31-14-15-2-4-16(22)5-3-15/h2-11,23H,12-14H2,1H3. The van der Waals surface area contributed by atoms with E-state index in [4.69, 9.17) is 4.74 Å². The molecule has 4 aromatic rings. The zero-order chi connectivity index (χ0) is 22.6. The molecule has 4 rings (SSSR count). The maximum Gasteiger partial charge on any atom is 0.240 e. The van der Waals surface area contributed by atoms with Gasteiger partial charge in [-0.25, -0.2) is 13.1 Å². The summed E-state index contributed by atoms with van der Waals surface area (Å²) in [5.41, 5.74) is 1.81. The number of benzene rings is 2. The van der Waals surface area contributed by atoms with Crippen LogP contribution in [0, 0.1) is 0 Å². The van der Waals surface area contributed by atoms with E-state index in [1.807, 2.05) is 24.3 Å². The number of methoxy groups -OCH3 is 1. The van der Waals surface area contributed by atoms with Crippen LogP contribution >= 0.6 is 27.7 Å². The molecule has 0 radical (unpaired) electrons. The molecule has 0 fully saturated rings. The summed E-state index contributed by atoms with van der Waals surface area (Å²) in [5, 5.41) is 13.7. The molecule has 11 heteroatoms. The van der Waals surface area contributed by atoms with Crippen LogP contribution in [-0.4, -0.2) is 41.9 Å². The third kappa shape index (κ3) is 5.47. The third-order valence-corrected chi connectivity index (χ3v) is 7.61.